The van der Waals surface area contributed by atoms with Crippen LogP contribution in [0, 0.1) is 0 Å². The van der Waals surface area contributed by atoms with Crippen LogP contribution < -0.4 is 10.5 Å². The first-order valence-corrected chi connectivity index (χ1v) is 5.61. The van der Waals surface area contributed by atoms with E-state index in [0.717, 1.165) is 38.2 Å². The van der Waals surface area contributed by atoms with Crippen LogP contribution in [0.5, 0.6) is 5.88 Å². The molecule has 17 heavy (non-hydrogen) atoms. The van der Waals surface area contributed by atoms with Crippen molar-refractivity contribution in [2.45, 2.75) is 25.4 Å². The fourth-order valence-electron chi connectivity index (χ4n) is 1.96. The molecule has 96 valence electrons. The van der Waals surface area contributed by atoms with Gasteiger partial charge < -0.3 is 10.5 Å². The summed E-state index contributed by atoms with van der Waals surface area (Å²) in [5.74, 6) is 0.623. The predicted molar refractivity (Wildman–Crippen MR) is 68.3 cm³/mol. The molecule has 1 aromatic rings. The minimum Gasteiger partial charge on any atom is -0.480 e. The van der Waals surface area contributed by atoms with Gasteiger partial charge in [0.15, 0.2) is 0 Å². The molecule has 5 nitrogen and oxygen atoms in total. The summed E-state index contributed by atoms with van der Waals surface area (Å²) < 4.78 is 5.18. The lowest BCUT2D eigenvalue weighted by atomic mass is 10.1. The van der Waals surface area contributed by atoms with Crippen LogP contribution in [0.25, 0.3) is 0 Å². The van der Waals surface area contributed by atoms with Crippen molar-refractivity contribution in [3.8, 4) is 5.88 Å². The van der Waals surface area contributed by atoms with Crippen LogP contribution in [0.4, 0.5) is 0 Å². The molecule has 1 aromatic heterocycles. The minimum absolute atomic E-state index is 0. The molecule has 6 heteroatoms. The van der Waals surface area contributed by atoms with Gasteiger partial charge >= 0.3 is 0 Å². The van der Waals surface area contributed by atoms with Gasteiger partial charge in [0.05, 0.1) is 7.11 Å². The molecule has 0 amide bonds. The number of hydrogen-bond donors (Lipinski definition) is 1. The van der Waals surface area contributed by atoms with E-state index in [1.165, 1.54) is 0 Å². The van der Waals surface area contributed by atoms with Crippen LogP contribution in [-0.2, 0) is 6.54 Å². The van der Waals surface area contributed by atoms with Crippen molar-refractivity contribution >= 4 is 12.4 Å². The summed E-state index contributed by atoms with van der Waals surface area (Å²) in [6.07, 6.45) is 5.47. The van der Waals surface area contributed by atoms with E-state index in [0.29, 0.717) is 11.9 Å². The summed E-state index contributed by atoms with van der Waals surface area (Å²) >= 11 is 0. The van der Waals surface area contributed by atoms with E-state index in [-0.39, 0.29) is 12.4 Å². The third-order valence-corrected chi connectivity index (χ3v) is 2.93. The Labute approximate surface area is 108 Å². The Kier molecular flexibility index (Phi) is 5.61. The molecule has 1 aliphatic heterocycles. The summed E-state index contributed by atoms with van der Waals surface area (Å²) in [6, 6.07) is 0.361. The maximum absolute atomic E-state index is 5.87. The zero-order valence-corrected chi connectivity index (χ0v) is 10.8. The van der Waals surface area contributed by atoms with E-state index in [1.807, 2.05) is 0 Å². The number of aromatic nitrogens is 2. The maximum Gasteiger partial charge on any atom is 0.236 e. The average molecular weight is 259 g/mol. The van der Waals surface area contributed by atoms with Crippen LogP contribution in [-0.4, -0.2) is 41.1 Å². The van der Waals surface area contributed by atoms with Gasteiger partial charge in [-0.15, -0.1) is 12.4 Å². The van der Waals surface area contributed by atoms with Gasteiger partial charge in [0.1, 0.15) is 5.69 Å². The molecule has 0 aliphatic carbocycles. The average Bonchev–Trinajstić information content (AvgIpc) is 2.33. The zero-order chi connectivity index (χ0) is 11.4. The first kappa shape index (κ1) is 14.2. The number of piperidine rings is 1. The van der Waals surface area contributed by atoms with Gasteiger partial charge in [0.2, 0.25) is 5.88 Å². The Hall–Kier alpha value is -0.910. The van der Waals surface area contributed by atoms with Crippen LogP contribution in [0.2, 0.25) is 0 Å². The van der Waals surface area contributed by atoms with E-state index < -0.39 is 0 Å². The smallest absolute Gasteiger partial charge is 0.236 e. The van der Waals surface area contributed by atoms with Gasteiger partial charge in [-0.25, -0.2) is 4.98 Å². The lowest BCUT2D eigenvalue weighted by molar-refractivity contribution is 0.200. The summed E-state index contributed by atoms with van der Waals surface area (Å²) in [7, 11) is 1.62. The largest absolute Gasteiger partial charge is 0.480 e. The van der Waals surface area contributed by atoms with Crippen molar-refractivity contribution in [2.24, 2.45) is 5.73 Å². The molecule has 2 N–H and O–H groups in total. The Morgan fingerprint density at radius 1 is 1.35 bits per heavy atom. The molecule has 2 heterocycles. The van der Waals surface area contributed by atoms with Crippen molar-refractivity contribution in [1.29, 1.82) is 0 Å². The maximum atomic E-state index is 5.87. The van der Waals surface area contributed by atoms with Gasteiger partial charge in [-0.1, -0.05) is 0 Å². The number of likely N-dealkylation sites (tertiary alicyclic amines) is 1. The van der Waals surface area contributed by atoms with Crippen molar-refractivity contribution in [3.05, 3.63) is 18.1 Å². The third-order valence-electron chi connectivity index (χ3n) is 2.93. The van der Waals surface area contributed by atoms with E-state index >= 15 is 0 Å². The normalized spacial score (nSPS) is 17.5. The molecule has 0 saturated carbocycles. The number of nitrogens with zero attached hydrogens (tertiary/aromatic N) is 3. The van der Waals surface area contributed by atoms with Gasteiger partial charge in [0.25, 0.3) is 0 Å². The highest BCUT2D eigenvalue weighted by atomic mass is 35.5. The summed E-state index contributed by atoms with van der Waals surface area (Å²) in [4.78, 5) is 10.8. The Balaban J connectivity index is 0.00000144. The summed E-state index contributed by atoms with van der Waals surface area (Å²) in [5, 5.41) is 0. The molecule has 0 bridgehead atoms. The molecule has 2 rings (SSSR count). The third kappa shape index (κ3) is 3.80. The Morgan fingerprint density at radius 3 is 2.65 bits per heavy atom. The number of hydrogen-bond acceptors (Lipinski definition) is 5. The van der Waals surface area contributed by atoms with Crippen LogP contribution in [0.15, 0.2) is 12.4 Å². The fraction of sp³-hybridized carbons (Fsp3) is 0.636. The van der Waals surface area contributed by atoms with Gasteiger partial charge in [-0.2, -0.15) is 0 Å². The van der Waals surface area contributed by atoms with Crippen molar-refractivity contribution in [3.63, 3.8) is 0 Å². The fourth-order valence-corrected chi connectivity index (χ4v) is 1.96. The van der Waals surface area contributed by atoms with Crippen molar-refractivity contribution in [2.75, 3.05) is 20.2 Å². The van der Waals surface area contributed by atoms with Gasteiger partial charge in [-0.3, -0.25) is 9.88 Å². The lowest BCUT2D eigenvalue weighted by Crippen LogP contribution is -2.39. The predicted octanol–water partition coefficient (Wildman–Crippen LogP) is 0.830. The first-order valence-electron chi connectivity index (χ1n) is 5.61. The monoisotopic (exact) mass is 258 g/mol. The van der Waals surface area contributed by atoms with Crippen molar-refractivity contribution in [1.82, 2.24) is 14.9 Å². The molecule has 0 spiro atoms. The topological polar surface area (TPSA) is 64.3 Å². The number of halogens is 1. The number of rotatable bonds is 3. The molecule has 1 aliphatic rings. The van der Waals surface area contributed by atoms with Gasteiger partial charge in [0, 0.05) is 38.1 Å². The Morgan fingerprint density at radius 2 is 2.00 bits per heavy atom. The molecular weight excluding hydrogens is 240 g/mol. The lowest BCUT2D eigenvalue weighted by Gasteiger charge is -2.29. The summed E-state index contributed by atoms with van der Waals surface area (Å²) in [6.45, 7) is 2.85. The second-order valence-electron chi connectivity index (χ2n) is 4.13. The molecule has 0 atom stereocenters. The standard InChI is InChI=1S/C11H18N4O.ClH/c1-16-11-10(13-4-5-14-11)8-15-6-2-9(12)3-7-15;/h4-5,9H,2-3,6-8,12H2,1H3;1H. The molecule has 1 fully saturated rings. The van der Waals surface area contributed by atoms with E-state index in [1.54, 1.807) is 19.5 Å². The zero-order valence-electron chi connectivity index (χ0n) is 10.0. The highest BCUT2D eigenvalue weighted by Crippen LogP contribution is 2.16. The summed E-state index contributed by atoms with van der Waals surface area (Å²) in [5.41, 5.74) is 6.77. The quantitative estimate of drug-likeness (QED) is 0.870. The highest BCUT2D eigenvalue weighted by Gasteiger charge is 2.18. The first-order chi connectivity index (χ1) is 7.79. The highest BCUT2D eigenvalue weighted by molar-refractivity contribution is 5.85. The molecule has 0 radical (unpaired) electrons. The van der Waals surface area contributed by atoms with E-state index in [2.05, 4.69) is 14.9 Å². The van der Waals surface area contributed by atoms with Crippen molar-refractivity contribution < 1.29 is 4.74 Å². The van der Waals surface area contributed by atoms with E-state index in [9.17, 15) is 0 Å². The molecular formula is C11H19ClN4O. The molecule has 0 unspecified atom stereocenters. The second kappa shape index (κ2) is 6.74. The molecule has 1 saturated heterocycles. The second-order valence-corrected chi connectivity index (χ2v) is 4.13. The minimum atomic E-state index is 0. The number of ether oxygens (including phenoxy) is 1. The SMILES string of the molecule is COc1nccnc1CN1CCC(N)CC1.Cl. The van der Waals surface area contributed by atoms with Crippen LogP contribution >= 0.6 is 12.4 Å². The van der Waals surface area contributed by atoms with Crippen LogP contribution in [0.1, 0.15) is 18.5 Å². The number of methoxy groups -OCH3 is 1. The Bertz CT molecular complexity index is 342. The van der Waals surface area contributed by atoms with Crippen LogP contribution in [0.3, 0.4) is 0 Å². The van der Waals surface area contributed by atoms with E-state index in [4.69, 9.17) is 10.5 Å². The van der Waals surface area contributed by atoms with Gasteiger partial charge in [-0.05, 0) is 12.8 Å². The number of nitrogens with two attached hydrogens (primary N) is 1. The molecule has 0 aromatic carbocycles.